The summed E-state index contributed by atoms with van der Waals surface area (Å²) in [6.07, 6.45) is 8.46. The van der Waals surface area contributed by atoms with Crippen LogP contribution in [0.15, 0.2) is 35.6 Å². The van der Waals surface area contributed by atoms with Gasteiger partial charge in [-0.3, -0.25) is 0 Å². The second kappa shape index (κ2) is 6.92. The molecule has 20 heavy (non-hydrogen) atoms. The van der Waals surface area contributed by atoms with Crippen molar-refractivity contribution < 1.29 is 0 Å². The molecule has 0 aromatic carbocycles. The van der Waals surface area contributed by atoms with Gasteiger partial charge < -0.3 is 11.1 Å². The molecule has 0 aromatic heterocycles. The van der Waals surface area contributed by atoms with Crippen LogP contribution in [0, 0.1) is 16.7 Å². The largest absolute Gasteiger partial charge is 0.405 e. The molecule has 0 bridgehead atoms. The van der Waals surface area contributed by atoms with Crippen molar-refractivity contribution in [1.29, 1.82) is 5.41 Å². The third-order valence-electron chi connectivity index (χ3n) is 4.77. The molecule has 1 aliphatic carbocycles. The van der Waals surface area contributed by atoms with Gasteiger partial charge in [0.05, 0.1) is 0 Å². The average Bonchev–Trinajstić information content (AvgIpc) is 2.42. The van der Waals surface area contributed by atoms with Crippen LogP contribution >= 0.6 is 0 Å². The summed E-state index contributed by atoms with van der Waals surface area (Å²) in [5, 5.41) is 8.56. The highest BCUT2D eigenvalue weighted by molar-refractivity contribution is 5.89. The van der Waals surface area contributed by atoms with E-state index in [4.69, 9.17) is 11.1 Å². The van der Waals surface area contributed by atoms with Crippen LogP contribution in [-0.4, -0.2) is 5.71 Å². The molecule has 1 aliphatic rings. The molecular formula is C18H30N2. The van der Waals surface area contributed by atoms with Gasteiger partial charge >= 0.3 is 0 Å². The summed E-state index contributed by atoms with van der Waals surface area (Å²) in [5.74, 6) is 0.526. The van der Waals surface area contributed by atoms with Crippen LogP contribution in [0.3, 0.4) is 0 Å². The zero-order valence-electron chi connectivity index (χ0n) is 13.6. The van der Waals surface area contributed by atoms with Gasteiger partial charge in [-0.2, -0.15) is 0 Å². The molecule has 0 heterocycles. The van der Waals surface area contributed by atoms with Gasteiger partial charge in [0.1, 0.15) is 0 Å². The van der Waals surface area contributed by atoms with Gasteiger partial charge in [-0.1, -0.05) is 45.4 Å². The number of hydrogen-bond donors (Lipinski definition) is 2. The Kier molecular flexibility index (Phi) is 5.79. The number of allylic oxidation sites excluding steroid dienone is 4. The maximum Gasteiger partial charge on any atom is 0.0193 e. The second-order valence-corrected chi connectivity index (χ2v) is 6.49. The summed E-state index contributed by atoms with van der Waals surface area (Å²) >= 11 is 0. The molecule has 0 fully saturated rings. The highest BCUT2D eigenvalue weighted by Gasteiger charge is 2.36. The molecule has 2 heteroatoms. The lowest BCUT2D eigenvalue weighted by Crippen LogP contribution is -2.34. The highest BCUT2D eigenvalue weighted by Crippen LogP contribution is 2.44. The molecule has 3 N–H and O–H groups in total. The van der Waals surface area contributed by atoms with E-state index in [1.807, 2.05) is 6.08 Å². The van der Waals surface area contributed by atoms with E-state index < -0.39 is 0 Å². The fourth-order valence-electron chi connectivity index (χ4n) is 3.23. The third-order valence-corrected chi connectivity index (χ3v) is 4.77. The van der Waals surface area contributed by atoms with Crippen LogP contribution in [0.1, 0.15) is 59.8 Å². The first-order valence-corrected chi connectivity index (χ1v) is 7.67. The van der Waals surface area contributed by atoms with E-state index in [-0.39, 0.29) is 5.41 Å². The molecule has 0 radical (unpaired) electrons. The van der Waals surface area contributed by atoms with Crippen LogP contribution in [0.5, 0.6) is 0 Å². The molecule has 0 saturated carbocycles. The first-order valence-electron chi connectivity index (χ1n) is 7.67. The minimum atomic E-state index is -0.0511. The molecule has 112 valence electrons. The average molecular weight is 274 g/mol. The van der Waals surface area contributed by atoms with Gasteiger partial charge in [0, 0.05) is 17.5 Å². The van der Waals surface area contributed by atoms with E-state index >= 15 is 0 Å². The zero-order valence-corrected chi connectivity index (χ0v) is 13.6. The smallest absolute Gasteiger partial charge is 0.0193 e. The molecule has 0 aromatic rings. The summed E-state index contributed by atoms with van der Waals surface area (Å²) in [5.41, 5.74) is 10.4. The molecule has 2 atom stereocenters. The van der Waals surface area contributed by atoms with Crippen molar-refractivity contribution in [1.82, 2.24) is 0 Å². The molecular weight excluding hydrogens is 244 g/mol. The quantitative estimate of drug-likeness (QED) is 0.659. The predicted molar refractivity (Wildman–Crippen MR) is 88.9 cm³/mol. The number of rotatable bonds is 6. The van der Waals surface area contributed by atoms with E-state index in [0.717, 1.165) is 37.8 Å². The molecule has 0 saturated heterocycles. The fraction of sp³-hybridized carbons (Fsp3) is 0.611. The summed E-state index contributed by atoms with van der Waals surface area (Å²) in [6, 6.07) is 0. The zero-order chi connectivity index (χ0) is 15.3. The Morgan fingerprint density at radius 2 is 2.20 bits per heavy atom. The summed E-state index contributed by atoms with van der Waals surface area (Å²) in [6.45, 7) is 12.8. The maximum atomic E-state index is 8.56. The summed E-state index contributed by atoms with van der Waals surface area (Å²) in [7, 11) is 0. The van der Waals surface area contributed by atoms with Crippen LogP contribution in [0.25, 0.3) is 0 Å². The van der Waals surface area contributed by atoms with Gasteiger partial charge in [-0.25, -0.2) is 0 Å². The van der Waals surface area contributed by atoms with Crippen LogP contribution < -0.4 is 5.73 Å². The topological polar surface area (TPSA) is 49.9 Å². The van der Waals surface area contributed by atoms with Gasteiger partial charge in [0.25, 0.3) is 0 Å². The van der Waals surface area contributed by atoms with Gasteiger partial charge in [0.2, 0.25) is 0 Å². The lowest BCUT2D eigenvalue weighted by Gasteiger charge is -2.39. The minimum absolute atomic E-state index is 0.0511. The SMILES string of the molecule is C=CC1=C(C)[C@H](C)C[C@@](C)(C(=N)C/C(=C/N)CCC)C1. The number of nitrogens with two attached hydrogens (primary N) is 1. The van der Waals surface area contributed by atoms with Crippen molar-refractivity contribution >= 4 is 5.71 Å². The van der Waals surface area contributed by atoms with E-state index in [1.54, 1.807) is 6.20 Å². The van der Waals surface area contributed by atoms with Crippen molar-refractivity contribution in [2.75, 3.05) is 0 Å². The Hall–Kier alpha value is -1.31. The number of hydrogen-bond acceptors (Lipinski definition) is 2. The Labute approximate surface area is 124 Å². The lowest BCUT2D eigenvalue weighted by molar-refractivity contribution is 0.339. The van der Waals surface area contributed by atoms with Crippen molar-refractivity contribution in [3.8, 4) is 0 Å². The first-order chi connectivity index (χ1) is 9.37. The van der Waals surface area contributed by atoms with Crippen molar-refractivity contribution in [3.63, 3.8) is 0 Å². The number of nitrogens with one attached hydrogen (secondary N) is 1. The Morgan fingerprint density at radius 1 is 1.55 bits per heavy atom. The van der Waals surface area contributed by atoms with E-state index in [0.29, 0.717) is 5.92 Å². The van der Waals surface area contributed by atoms with Gasteiger partial charge in [-0.15, -0.1) is 0 Å². The normalized spacial score (nSPS) is 27.6. The van der Waals surface area contributed by atoms with Crippen LogP contribution in [-0.2, 0) is 0 Å². The molecule has 0 unspecified atom stereocenters. The Bertz CT molecular complexity index is 442. The summed E-state index contributed by atoms with van der Waals surface area (Å²) < 4.78 is 0. The molecule has 1 rings (SSSR count). The predicted octanol–water partition coefficient (Wildman–Crippen LogP) is 4.98. The second-order valence-electron chi connectivity index (χ2n) is 6.49. The Balaban J connectivity index is 2.90. The Morgan fingerprint density at radius 3 is 2.70 bits per heavy atom. The van der Waals surface area contributed by atoms with Crippen molar-refractivity contribution in [3.05, 3.63) is 35.6 Å². The molecule has 0 aliphatic heterocycles. The van der Waals surface area contributed by atoms with Crippen LogP contribution in [0.4, 0.5) is 0 Å². The highest BCUT2D eigenvalue weighted by atomic mass is 14.5. The molecule has 2 nitrogen and oxygen atoms in total. The third kappa shape index (κ3) is 3.62. The van der Waals surface area contributed by atoms with E-state index in [2.05, 4.69) is 34.3 Å². The van der Waals surface area contributed by atoms with Crippen molar-refractivity contribution in [2.45, 2.75) is 59.8 Å². The summed E-state index contributed by atoms with van der Waals surface area (Å²) in [4.78, 5) is 0. The molecule has 0 spiro atoms. The van der Waals surface area contributed by atoms with E-state index in [1.165, 1.54) is 16.7 Å². The monoisotopic (exact) mass is 274 g/mol. The van der Waals surface area contributed by atoms with Crippen molar-refractivity contribution in [2.24, 2.45) is 17.1 Å². The fourth-order valence-corrected chi connectivity index (χ4v) is 3.23. The van der Waals surface area contributed by atoms with Gasteiger partial charge in [0.15, 0.2) is 0 Å². The first kappa shape index (κ1) is 16.7. The van der Waals surface area contributed by atoms with Gasteiger partial charge in [-0.05, 0) is 49.5 Å². The standard InChI is InChI=1S/C18H30N2/c1-6-8-15(12-19)9-17(20)18(5)10-13(3)14(4)16(7-2)11-18/h7,12-13,20H,2,6,8-11,19H2,1,3-5H3/b15-12+,20-17?/t13-,18-/m1/s1. The maximum absolute atomic E-state index is 8.56. The molecule has 0 amide bonds. The van der Waals surface area contributed by atoms with E-state index in [9.17, 15) is 0 Å². The minimum Gasteiger partial charge on any atom is -0.405 e. The van der Waals surface area contributed by atoms with Crippen LogP contribution in [0.2, 0.25) is 0 Å². The lowest BCUT2D eigenvalue weighted by atomic mass is 9.65.